The standard InChI is InChI=1S/C32H28N2O4/c35-31-27-17-23-11-13-29(37-19-21-7-3-1-4-8-21)25(15-23)26-16-24(18-28(34-31)32(36)33-27)12-14-30(26)38-20-22-9-5-2-6-10-22/h1-16,27-28H,17-20H2,(H,33,36)(H,34,35)/t27-,28-/m0/s1. The topological polar surface area (TPSA) is 76.7 Å². The fourth-order valence-electron chi connectivity index (χ4n) is 4.99. The van der Waals surface area contributed by atoms with E-state index in [-0.39, 0.29) is 11.8 Å². The van der Waals surface area contributed by atoms with E-state index >= 15 is 0 Å². The minimum atomic E-state index is -0.616. The molecule has 2 amide bonds. The number of amides is 2. The smallest absolute Gasteiger partial charge is 0.243 e. The zero-order valence-corrected chi connectivity index (χ0v) is 20.9. The number of fused-ring (bicyclic) bond motifs is 2. The highest BCUT2D eigenvalue weighted by Crippen LogP contribution is 2.39. The molecule has 6 nitrogen and oxygen atoms in total. The van der Waals surface area contributed by atoms with Crippen molar-refractivity contribution in [3.05, 3.63) is 119 Å². The highest BCUT2D eigenvalue weighted by molar-refractivity contribution is 5.97. The lowest BCUT2D eigenvalue weighted by Gasteiger charge is -2.30. The summed E-state index contributed by atoms with van der Waals surface area (Å²) >= 11 is 0. The van der Waals surface area contributed by atoms with Crippen LogP contribution < -0.4 is 20.1 Å². The maximum absolute atomic E-state index is 12.8. The molecule has 4 aromatic carbocycles. The number of ether oxygens (including phenoxy) is 2. The van der Waals surface area contributed by atoms with Crippen LogP contribution >= 0.6 is 0 Å². The van der Waals surface area contributed by atoms with Crippen LogP contribution in [0.2, 0.25) is 0 Å². The van der Waals surface area contributed by atoms with Gasteiger partial charge in [0.1, 0.15) is 36.8 Å². The molecule has 0 aromatic heterocycles. The molecule has 38 heavy (non-hydrogen) atoms. The van der Waals surface area contributed by atoms with Gasteiger partial charge in [0.25, 0.3) is 0 Å². The largest absolute Gasteiger partial charge is 0.488 e. The Labute approximate surface area is 221 Å². The number of hydrogen-bond acceptors (Lipinski definition) is 4. The van der Waals surface area contributed by atoms with E-state index in [0.29, 0.717) is 26.1 Å². The van der Waals surface area contributed by atoms with Crippen molar-refractivity contribution in [2.45, 2.75) is 38.1 Å². The first kappa shape index (κ1) is 23.8. The van der Waals surface area contributed by atoms with Gasteiger partial charge in [0.05, 0.1) is 0 Å². The predicted octanol–water partition coefficient (Wildman–Crippen LogP) is 4.59. The zero-order valence-electron chi connectivity index (χ0n) is 20.9. The van der Waals surface area contributed by atoms with Gasteiger partial charge >= 0.3 is 0 Å². The van der Waals surface area contributed by atoms with E-state index in [2.05, 4.69) is 10.6 Å². The number of nitrogens with one attached hydrogen (secondary N) is 2. The highest BCUT2D eigenvalue weighted by atomic mass is 16.5. The number of benzene rings is 4. The fraction of sp³-hybridized carbons (Fsp3) is 0.188. The molecule has 0 unspecified atom stereocenters. The van der Waals surface area contributed by atoms with Crippen LogP contribution in [0, 0.1) is 0 Å². The van der Waals surface area contributed by atoms with Gasteiger partial charge in [0, 0.05) is 24.0 Å². The summed E-state index contributed by atoms with van der Waals surface area (Å²) in [4.78, 5) is 25.6. The third-order valence-corrected chi connectivity index (χ3v) is 7.00. The molecule has 6 heteroatoms. The lowest BCUT2D eigenvalue weighted by molar-refractivity contribution is -0.136. The Morgan fingerprint density at radius 1 is 0.579 bits per heavy atom. The van der Waals surface area contributed by atoms with E-state index in [9.17, 15) is 9.59 Å². The van der Waals surface area contributed by atoms with E-state index in [0.717, 1.165) is 44.9 Å². The summed E-state index contributed by atoms with van der Waals surface area (Å²) in [6.45, 7) is 0.854. The molecule has 1 fully saturated rings. The molecule has 0 saturated carbocycles. The molecule has 3 aliphatic rings. The molecule has 4 aromatic rings. The molecule has 0 radical (unpaired) electrons. The van der Waals surface area contributed by atoms with Crippen LogP contribution in [0.25, 0.3) is 11.1 Å². The molecule has 3 heterocycles. The summed E-state index contributed by atoms with van der Waals surface area (Å²) in [5.41, 5.74) is 5.78. The van der Waals surface area contributed by atoms with Crippen molar-refractivity contribution in [3.63, 3.8) is 0 Å². The van der Waals surface area contributed by atoms with Crippen LogP contribution in [0.3, 0.4) is 0 Å². The lowest BCUT2D eigenvalue weighted by Crippen LogP contribution is -2.62. The van der Waals surface area contributed by atoms with Gasteiger partial charge in [0.2, 0.25) is 11.8 Å². The van der Waals surface area contributed by atoms with Crippen molar-refractivity contribution in [3.8, 4) is 22.6 Å². The molecule has 7 rings (SSSR count). The minimum absolute atomic E-state index is 0.163. The normalized spacial score (nSPS) is 18.0. The van der Waals surface area contributed by atoms with Crippen LogP contribution in [0.15, 0.2) is 97.1 Å². The van der Waals surface area contributed by atoms with Crippen molar-refractivity contribution in [2.75, 3.05) is 0 Å². The zero-order chi connectivity index (χ0) is 25.9. The Balaban J connectivity index is 1.42. The molecular formula is C32H28N2O4. The van der Waals surface area contributed by atoms with E-state index < -0.39 is 12.1 Å². The first-order valence-electron chi connectivity index (χ1n) is 12.8. The Morgan fingerprint density at radius 2 is 1.00 bits per heavy atom. The Hall–Kier alpha value is -4.58. The molecule has 2 N–H and O–H groups in total. The van der Waals surface area contributed by atoms with Crippen LogP contribution in [0.4, 0.5) is 0 Å². The Morgan fingerprint density at radius 3 is 1.42 bits per heavy atom. The second kappa shape index (κ2) is 10.4. The van der Waals surface area contributed by atoms with Gasteiger partial charge in [0.15, 0.2) is 0 Å². The van der Waals surface area contributed by atoms with Gasteiger partial charge in [-0.1, -0.05) is 72.8 Å². The number of carbonyl (C=O) groups is 2. The number of rotatable bonds is 6. The monoisotopic (exact) mass is 504 g/mol. The first-order valence-corrected chi connectivity index (χ1v) is 12.8. The average molecular weight is 505 g/mol. The maximum Gasteiger partial charge on any atom is 0.243 e. The molecule has 2 atom stereocenters. The van der Waals surface area contributed by atoms with Crippen molar-refractivity contribution >= 4 is 11.8 Å². The molecule has 6 bridgehead atoms. The quantitative estimate of drug-likeness (QED) is 0.403. The van der Waals surface area contributed by atoms with Gasteiger partial charge in [-0.05, 0) is 46.5 Å². The number of piperazine rings is 1. The summed E-state index contributed by atoms with van der Waals surface area (Å²) in [7, 11) is 0. The molecule has 0 aliphatic carbocycles. The second-order valence-electron chi connectivity index (χ2n) is 9.74. The van der Waals surface area contributed by atoms with E-state index in [1.165, 1.54) is 0 Å². The predicted molar refractivity (Wildman–Crippen MR) is 145 cm³/mol. The molecule has 1 saturated heterocycles. The Kier molecular flexibility index (Phi) is 6.53. The fourth-order valence-corrected chi connectivity index (χ4v) is 4.99. The van der Waals surface area contributed by atoms with Crippen LogP contribution in [0.5, 0.6) is 11.5 Å². The first-order chi connectivity index (χ1) is 18.6. The number of carbonyl (C=O) groups excluding carboxylic acids is 2. The van der Waals surface area contributed by atoms with Crippen molar-refractivity contribution in [1.29, 1.82) is 0 Å². The lowest BCUT2D eigenvalue weighted by atomic mass is 9.92. The van der Waals surface area contributed by atoms with Gasteiger partial charge in [-0.25, -0.2) is 0 Å². The average Bonchev–Trinajstić information content (AvgIpc) is 2.95. The SMILES string of the molecule is O=C1N[C@H]2Cc3ccc(OCc4ccccc4)c(c3)-c3cc(ccc3OCc3ccccc3)C[C@@H]1NC2=O. The Bertz CT molecular complexity index is 1360. The number of hydrogen-bond donors (Lipinski definition) is 2. The van der Waals surface area contributed by atoms with E-state index in [1.54, 1.807) is 0 Å². The second-order valence-corrected chi connectivity index (χ2v) is 9.74. The molecule has 0 spiro atoms. The van der Waals surface area contributed by atoms with Gasteiger partial charge < -0.3 is 20.1 Å². The minimum Gasteiger partial charge on any atom is -0.488 e. The van der Waals surface area contributed by atoms with Gasteiger partial charge in [-0.2, -0.15) is 0 Å². The van der Waals surface area contributed by atoms with Crippen molar-refractivity contribution in [1.82, 2.24) is 10.6 Å². The van der Waals surface area contributed by atoms with Crippen molar-refractivity contribution < 1.29 is 19.1 Å². The highest BCUT2D eigenvalue weighted by Gasteiger charge is 2.34. The summed E-state index contributed by atoms with van der Waals surface area (Å²) < 4.78 is 12.7. The molecule has 3 aliphatic heterocycles. The summed E-state index contributed by atoms with van der Waals surface area (Å²) in [6, 6.07) is 30.7. The van der Waals surface area contributed by atoms with E-state index in [1.807, 2.05) is 97.1 Å². The molecular weight excluding hydrogens is 476 g/mol. The third-order valence-electron chi connectivity index (χ3n) is 7.00. The summed E-state index contributed by atoms with van der Waals surface area (Å²) in [6.07, 6.45) is 0.770. The van der Waals surface area contributed by atoms with Gasteiger partial charge in [-0.3, -0.25) is 9.59 Å². The van der Waals surface area contributed by atoms with Crippen LogP contribution in [0.1, 0.15) is 22.3 Å². The van der Waals surface area contributed by atoms with Crippen LogP contribution in [-0.4, -0.2) is 23.9 Å². The van der Waals surface area contributed by atoms with Crippen LogP contribution in [-0.2, 0) is 35.6 Å². The third kappa shape index (κ3) is 5.11. The van der Waals surface area contributed by atoms with Gasteiger partial charge in [-0.15, -0.1) is 0 Å². The molecule has 190 valence electrons. The maximum atomic E-state index is 12.8. The summed E-state index contributed by atoms with van der Waals surface area (Å²) in [5.74, 6) is 1.14. The van der Waals surface area contributed by atoms with E-state index in [4.69, 9.17) is 9.47 Å². The van der Waals surface area contributed by atoms with Crippen molar-refractivity contribution in [2.24, 2.45) is 0 Å². The summed E-state index contributed by atoms with van der Waals surface area (Å²) in [5, 5.41) is 5.81.